The summed E-state index contributed by atoms with van der Waals surface area (Å²) in [6.07, 6.45) is 1.32. The van der Waals surface area contributed by atoms with E-state index in [1.807, 2.05) is 23.1 Å². The van der Waals surface area contributed by atoms with E-state index in [1.165, 1.54) is 6.33 Å². The number of anilines is 4. The van der Waals surface area contributed by atoms with Crippen LogP contribution in [-0.4, -0.2) is 46.2 Å². The van der Waals surface area contributed by atoms with Gasteiger partial charge in [0.2, 0.25) is 11.6 Å². The molecule has 0 bridgehead atoms. The lowest BCUT2D eigenvalue weighted by Crippen LogP contribution is -2.47. The Morgan fingerprint density at radius 2 is 1.82 bits per heavy atom. The molecular weight excluding hydrogens is 362 g/mol. The maximum Gasteiger partial charge on any atom is 0.353 e. The molecule has 3 aromatic rings. The predicted molar refractivity (Wildman–Crippen MR) is 104 cm³/mol. The molecule has 3 heterocycles. The Balaban J connectivity index is 1.56. The van der Waals surface area contributed by atoms with Gasteiger partial charge < -0.3 is 19.6 Å². The van der Waals surface area contributed by atoms with Gasteiger partial charge in [-0.3, -0.25) is 10.1 Å². The molecule has 10 heteroatoms. The highest BCUT2D eigenvalue weighted by molar-refractivity contribution is 5.73. The molecular formula is C18H19N7O3. The van der Waals surface area contributed by atoms with Crippen molar-refractivity contribution in [2.24, 2.45) is 0 Å². The minimum absolute atomic E-state index is 0.0915. The van der Waals surface area contributed by atoms with E-state index in [1.54, 1.807) is 13.0 Å². The average molecular weight is 381 g/mol. The molecule has 28 heavy (non-hydrogen) atoms. The van der Waals surface area contributed by atoms with Crippen molar-refractivity contribution in [1.82, 2.24) is 15.1 Å². The van der Waals surface area contributed by atoms with Crippen molar-refractivity contribution in [3.63, 3.8) is 0 Å². The minimum atomic E-state index is -0.464. The second-order valence-corrected chi connectivity index (χ2v) is 6.41. The first-order valence-electron chi connectivity index (χ1n) is 8.86. The Hall–Kier alpha value is -3.69. The third-order valence-electron chi connectivity index (χ3n) is 4.56. The molecule has 0 radical (unpaired) electrons. The summed E-state index contributed by atoms with van der Waals surface area (Å²) < 4.78 is 5.00. The summed E-state index contributed by atoms with van der Waals surface area (Å²) in [5.41, 5.74) is 0.972. The van der Waals surface area contributed by atoms with Gasteiger partial charge >= 0.3 is 5.69 Å². The van der Waals surface area contributed by atoms with E-state index < -0.39 is 4.92 Å². The van der Waals surface area contributed by atoms with Crippen LogP contribution in [0.25, 0.3) is 0 Å². The van der Waals surface area contributed by atoms with Gasteiger partial charge in [0.15, 0.2) is 5.82 Å². The Labute approximate surface area is 160 Å². The summed E-state index contributed by atoms with van der Waals surface area (Å²) in [6.45, 7) is 4.47. The number of benzene rings is 1. The number of aryl methyl sites for hydroxylation is 1. The number of nitrogens with zero attached hydrogens (tertiary/aromatic N) is 6. The van der Waals surface area contributed by atoms with Gasteiger partial charge in [-0.1, -0.05) is 23.4 Å². The van der Waals surface area contributed by atoms with E-state index in [4.69, 9.17) is 4.52 Å². The molecule has 4 rings (SSSR count). The summed E-state index contributed by atoms with van der Waals surface area (Å²) in [4.78, 5) is 23.7. The van der Waals surface area contributed by atoms with E-state index >= 15 is 0 Å². The molecule has 0 saturated carbocycles. The Morgan fingerprint density at radius 3 is 2.46 bits per heavy atom. The van der Waals surface area contributed by atoms with E-state index in [9.17, 15) is 10.1 Å². The predicted octanol–water partition coefficient (Wildman–Crippen LogP) is 2.75. The fraction of sp³-hybridized carbons (Fsp3) is 0.278. The lowest BCUT2D eigenvalue weighted by molar-refractivity contribution is -0.383. The minimum Gasteiger partial charge on any atom is -0.368 e. The number of nitrogens with one attached hydrogen (secondary N) is 1. The maximum absolute atomic E-state index is 11.8. The number of aromatic nitrogens is 3. The van der Waals surface area contributed by atoms with Gasteiger partial charge in [0, 0.05) is 37.9 Å². The van der Waals surface area contributed by atoms with Crippen LogP contribution in [0.2, 0.25) is 0 Å². The summed E-state index contributed by atoms with van der Waals surface area (Å²) in [5.74, 6) is 1.35. The molecule has 0 unspecified atom stereocenters. The number of hydrogen-bond donors (Lipinski definition) is 1. The van der Waals surface area contributed by atoms with Crippen molar-refractivity contribution in [1.29, 1.82) is 0 Å². The topological polar surface area (TPSA) is 113 Å². The van der Waals surface area contributed by atoms with Gasteiger partial charge in [0.05, 0.1) is 4.92 Å². The number of hydrogen-bond acceptors (Lipinski definition) is 9. The first-order valence-corrected chi connectivity index (χ1v) is 8.86. The zero-order valence-electron chi connectivity index (χ0n) is 15.3. The van der Waals surface area contributed by atoms with Crippen molar-refractivity contribution in [2.75, 3.05) is 41.3 Å². The van der Waals surface area contributed by atoms with Gasteiger partial charge in [0.25, 0.3) is 0 Å². The molecule has 144 valence electrons. The molecule has 10 nitrogen and oxygen atoms in total. The lowest BCUT2D eigenvalue weighted by atomic mass is 10.2. The van der Waals surface area contributed by atoms with Crippen molar-refractivity contribution < 1.29 is 9.45 Å². The smallest absolute Gasteiger partial charge is 0.353 e. The van der Waals surface area contributed by atoms with Gasteiger partial charge in [-0.15, -0.1) is 0 Å². The van der Waals surface area contributed by atoms with Crippen molar-refractivity contribution in [3.05, 3.63) is 58.6 Å². The summed E-state index contributed by atoms with van der Waals surface area (Å²) in [7, 11) is 0. The number of piperazine rings is 1. The van der Waals surface area contributed by atoms with Gasteiger partial charge in [0.1, 0.15) is 12.1 Å². The molecule has 0 spiro atoms. The molecule has 1 fully saturated rings. The highest BCUT2D eigenvalue weighted by Crippen LogP contribution is 2.34. The Kier molecular flexibility index (Phi) is 4.75. The number of nitro groups is 1. The highest BCUT2D eigenvalue weighted by atomic mass is 16.6. The summed E-state index contributed by atoms with van der Waals surface area (Å²) in [5, 5.41) is 18.4. The monoisotopic (exact) mass is 381 g/mol. The largest absolute Gasteiger partial charge is 0.368 e. The summed E-state index contributed by atoms with van der Waals surface area (Å²) >= 11 is 0. The second-order valence-electron chi connectivity index (χ2n) is 6.41. The van der Waals surface area contributed by atoms with Crippen LogP contribution in [0, 0.1) is 17.0 Å². The maximum atomic E-state index is 11.8. The molecule has 1 N–H and O–H groups in total. The first kappa shape index (κ1) is 17.7. The van der Waals surface area contributed by atoms with E-state index in [0.717, 1.165) is 18.8 Å². The van der Waals surface area contributed by atoms with Crippen molar-refractivity contribution in [2.45, 2.75) is 6.92 Å². The SMILES string of the molecule is Cc1cc(Nc2ncnc(N3CCN(c4ccccc4)CC3)c2[N+](=O)[O-])no1. The van der Waals surface area contributed by atoms with Crippen LogP contribution in [0.5, 0.6) is 0 Å². The fourth-order valence-electron chi connectivity index (χ4n) is 3.22. The quantitative estimate of drug-likeness (QED) is 0.526. The van der Waals surface area contributed by atoms with E-state index in [-0.39, 0.29) is 11.5 Å². The van der Waals surface area contributed by atoms with Gasteiger partial charge in [-0.2, -0.15) is 0 Å². The molecule has 0 atom stereocenters. The van der Waals surface area contributed by atoms with E-state index in [2.05, 4.69) is 37.5 Å². The molecule has 1 aromatic carbocycles. The molecule has 1 aliphatic rings. The van der Waals surface area contributed by atoms with Crippen LogP contribution >= 0.6 is 0 Å². The molecule has 0 aliphatic carbocycles. The Morgan fingerprint density at radius 1 is 1.11 bits per heavy atom. The third-order valence-corrected chi connectivity index (χ3v) is 4.56. The van der Waals surface area contributed by atoms with Gasteiger partial charge in [-0.25, -0.2) is 9.97 Å². The Bertz CT molecular complexity index is 968. The lowest BCUT2D eigenvalue weighted by Gasteiger charge is -2.36. The number of rotatable bonds is 5. The van der Waals surface area contributed by atoms with Gasteiger partial charge in [-0.05, 0) is 19.1 Å². The van der Waals surface area contributed by atoms with Crippen molar-refractivity contribution >= 4 is 28.8 Å². The van der Waals surface area contributed by atoms with Crippen LogP contribution in [0.3, 0.4) is 0 Å². The normalized spacial score (nSPS) is 14.2. The highest BCUT2D eigenvalue weighted by Gasteiger charge is 2.29. The first-order chi connectivity index (χ1) is 13.6. The van der Waals surface area contributed by atoms with Crippen LogP contribution in [-0.2, 0) is 0 Å². The molecule has 1 saturated heterocycles. The number of para-hydroxylation sites is 1. The molecule has 2 aromatic heterocycles. The van der Waals surface area contributed by atoms with Crippen LogP contribution in [0.4, 0.5) is 28.8 Å². The molecule has 0 amide bonds. The zero-order valence-corrected chi connectivity index (χ0v) is 15.3. The molecule has 1 aliphatic heterocycles. The third kappa shape index (κ3) is 3.56. The average Bonchev–Trinajstić information content (AvgIpc) is 3.13. The van der Waals surface area contributed by atoms with Crippen LogP contribution in [0.15, 0.2) is 47.2 Å². The second kappa shape index (κ2) is 7.51. The van der Waals surface area contributed by atoms with Crippen LogP contribution in [0.1, 0.15) is 5.76 Å². The summed E-state index contributed by atoms with van der Waals surface area (Å²) in [6, 6.07) is 11.7. The zero-order chi connectivity index (χ0) is 19.5. The van der Waals surface area contributed by atoms with Crippen molar-refractivity contribution in [3.8, 4) is 0 Å². The fourth-order valence-corrected chi connectivity index (χ4v) is 3.22. The van der Waals surface area contributed by atoms with E-state index in [0.29, 0.717) is 30.5 Å². The van der Waals surface area contributed by atoms with Crippen LogP contribution < -0.4 is 15.1 Å². The standard InChI is InChI=1S/C18H19N7O3/c1-13-11-15(22-28-13)21-17-16(25(26)27)18(20-12-19-17)24-9-7-23(8-10-24)14-5-3-2-4-6-14/h2-6,11-12H,7-10H2,1H3,(H,19,20,21,22).